The molecule has 0 bridgehead atoms. The van der Waals surface area contributed by atoms with E-state index in [0.717, 1.165) is 16.9 Å². The van der Waals surface area contributed by atoms with Crippen molar-refractivity contribution in [3.63, 3.8) is 0 Å². The number of nitrogens with two attached hydrogens (primary N) is 1. The molecular formula is C12H17NO3. The highest BCUT2D eigenvalue weighted by molar-refractivity contribution is 5.72. The maximum atomic E-state index is 10.5. The fourth-order valence-corrected chi connectivity index (χ4v) is 1.30. The Bertz CT molecular complexity index is 377. The van der Waals surface area contributed by atoms with Crippen molar-refractivity contribution in [3.05, 3.63) is 29.3 Å². The lowest BCUT2D eigenvalue weighted by Crippen LogP contribution is -2.31. The maximum absolute atomic E-state index is 10.5. The molecule has 0 saturated heterocycles. The predicted octanol–water partition coefficient (Wildman–Crippen LogP) is 1.48. The van der Waals surface area contributed by atoms with E-state index in [-0.39, 0.29) is 0 Å². The van der Waals surface area contributed by atoms with Crippen molar-refractivity contribution in [1.29, 1.82) is 0 Å². The molecule has 3 N–H and O–H groups in total. The number of carbonyl (C=O) groups is 1. The van der Waals surface area contributed by atoms with E-state index in [4.69, 9.17) is 15.6 Å². The number of benzene rings is 1. The molecular weight excluding hydrogens is 206 g/mol. The second-order valence-corrected chi connectivity index (χ2v) is 3.78. The van der Waals surface area contributed by atoms with E-state index in [1.165, 1.54) is 0 Å². The minimum absolute atomic E-state index is 0.308. The van der Waals surface area contributed by atoms with E-state index in [1.807, 2.05) is 32.0 Å². The van der Waals surface area contributed by atoms with Crippen molar-refractivity contribution in [2.24, 2.45) is 5.73 Å². The van der Waals surface area contributed by atoms with E-state index in [1.54, 1.807) is 0 Å². The lowest BCUT2D eigenvalue weighted by Gasteiger charge is -2.12. The van der Waals surface area contributed by atoms with Gasteiger partial charge in [0.2, 0.25) is 0 Å². The van der Waals surface area contributed by atoms with Gasteiger partial charge in [0.25, 0.3) is 0 Å². The molecule has 4 nitrogen and oxygen atoms in total. The van der Waals surface area contributed by atoms with Crippen LogP contribution in [0.1, 0.15) is 17.5 Å². The zero-order valence-corrected chi connectivity index (χ0v) is 9.56. The quantitative estimate of drug-likeness (QED) is 0.793. The highest BCUT2D eigenvalue weighted by atomic mass is 16.5. The van der Waals surface area contributed by atoms with Crippen molar-refractivity contribution in [2.45, 2.75) is 26.3 Å². The van der Waals surface area contributed by atoms with E-state index in [0.29, 0.717) is 13.0 Å². The van der Waals surface area contributed by atoms with Gasteiger partial charge in [0, 0.05) is 6.42 Å². The van der Waals surface area contributed by atoms with Crippen LogP contribution in [0.15, 0.2) is 18.2 Å². The van der Waals surface area contributed by atoms with E-state index in [9.17, 15) is 4.79 Å². The highest BCUT2D eigenvalue weighted by Gasteiger charge is 2.11. The minimum Gasteiger partial charge on any atom is -0.493 e. The minimum atomic E-state index is -0.996. The number of carboxylic acid groups (broad SMARTS) is 1. The summed E-state index contributed by atoms with van der Waals surface area (Å²) in [6.07, 6.45) is 0.308. The van der Waals surface area contributed by atoms with Crippen LogP contribution in [0.4, 0.5) is 0 Å². The number of ether oxygens (including phenoxy) is 1. The highest BCUT2D eigenvalue weighted by Crippen LogP contribution is 2.20. The monoisotopic (exact) mass is 223 g/mol. The molecule has 0 saturated carbocycles. The summed E-state index contributed by atoms with van der Waals surface area (Å²) < 4.78 is 5.50. The lowest BCUT2D eigenvalue weighted by molar-refractivity contribution is -0.138. The Morgan fingerprint density at radius 3 is 2.81 bits per heavy atom. The average molecular weight is 223 g/mol. The molecule has 4 heteroatoms. The average Bonchev–Trinajstić information content (AvgIpc) is 2.24. The fraction of sp³-hybridized carbons (Fsp3) is 0.417. The molecule has 0 radical (unpaired) electrons. The maximum Gasteiger partial charge on any atom is 0.320 e. The smallest absolute Gasteiger partial charge is 0.320 e. The standard InChI is InChI=1S/C12H17NO3/c1-8-4-3-5-11(9(8)2)16-7-6-10(13)12(14)15/h3-5,10H,6-7,13H2,1-2H3,(H,14,15). The summed E-state index contributed by atoms with van der Waals surface area (Å²) >= 11 is 0. The summed E-state index contributed by atoms with van der Waals surface area (Å²) in [6.45, 7) is 4.30. The topological polar surface area (TPSA) is 72.5 Å². The van der Waals surface area contributed by atoms with Crippen LogP contribution in [-0.2, 0) is 4.79 Å². The first kappa shape index (κ1) is 12.5. The Hall–Kier alpha value is -1.55. The van der Waals surface area contributed by atoms with Crippen LogP contribution < -0.4 is 10.5 Å². The fourth-order valence-electron chi connectivity index (χ4n) is 1.30. The summed E-state index contributed by atoms with van der Waals surface area (Å²) in [4.78, 5) is 10.5. The van der Waals surface area contributed by atoms with Crippen LogP contribution in [0.5, 0.6) is 5.75 Å². The van der Waals surface area contributed by atoms with E-state index >= 15 is 0 Å². The first-order chi connectivity index (χ1) is 7.52. The Morgan fingerprint density at radius 1 is 1.50 bits per heavy atom. The van der Waals surface area contributed by atoms with Crippen LogP contribution in [0.2, 0.25) is 0 Å². The molecule has 0 aliphatic heterocycles. The van der Waals surface area contributed by atoms with Crippen molar-refractivity contribution in [1.82, 2.24) is 0 Å². The SMILES string of the molecule is Cc1cccc(OCCC(N)C(=O)O)c1C. The molecule has 0 spiro atoms. The van der Waals surface area contributed by atoms with Gasteiger partial charge in [0.1, 0.15) is 11.8 Å². The number of hydrogen-bond acceptors (Lipinski definition) is 3. The van der Waals surface area contributed by atoms with Gasteiger partial charge in [0.15, 0.2) is 0 Å². The van der Waals surface area contributed by atoms with Crippen LogP contribution in [0, 0.1) is 13.8 Å². The van der Waals surface area contributed by atoms with Gasteiger partial charge in [-0.05, 0) is 31.0 Å². The van der Waals surface area contributed by atoms with Crippen molar-refractivity contribution < 1.29 is 14.6 Å². The third kappa shape index (κ3) is 3.24. The summed E-state index contributed by atoms with van der Waals surface area (Å²) in [5.74, 6) is -0.206. The zero-order chi connectivity index (χ0) is 12.1. The van der Waals surface area contributed by atoms with Crippen molar-refractivity contribution >= 4 is 5.97 Å². The van der Waals surface area contributed by atoms with Crippen molar-refractivity contribution in [3.8, 4) is 5.75 Å². The molecule has 1 atom stereocenters. The summed E-state index contributed by atoms with van der Waals surface area (Å²) in [7, 11) is 0. The molecule has 0 fully saturated rings. The molecule has 1 aromatic carbocycles. The summed E-state index contributed by atoms with van der Waals surface area (Å²) in [5.41, 5.74) is 7.60. The van der Waals surface area contributed by atoms with Crippen LogP contribution in [0.3, 0.4) is 0 Å². The Labute approximate surface area is 95.0 Å². The predicted molar refractivity (Wildman–Crippen MR) is 61.6 cm³/mol. The lowest BCUT2D eigenvalue weighted by atomic mass is 10.1. The third-order valence-corrected chi connectivity index (χ3v) is 2.56. The summed E-state index contributed by atoms with van der Waals surface area (Å²) in [5, 5.41) is 8.60. The number of aliphatic carboxylic acids is 1. The first-order valence-corrected chi connectivity index (χ1v) is 5.19. The molecule has 1 aromatic rings. The Morgan fingerprint density at radius 2 is 2.19 bits per heavy atom. The van der Waals surface area contributed by atoms with Crippen LogP contribution in [0.25, 0.3) is 0 Å². The van der Waals surface area contributed by atoms with Crippen molar-refractivity contribution in [2.75, 3.05) is 6.61 Å². The van der Waals surface area contributed by atoms with Gasteiger partial charge in [-0.25, -0.2) is 0 Å². The van der Waals surface area contributed by atoms with Gasteiger partial charge in [-0.3, -0.25) is 4.79 Å². The number of rotatable bonds is 5. The molecule has 16 heavy (non-hydrogen) atoms. The van der Waals surface area contributed by atoms with Gasteiger partial charge in [-0.1, -0.05) is 12.1 Å². The third-order valence-electron chi connectivity index (χ3n) is 2.56. The molecule has 0 aliphatic carbocycles. The van der Waals surface area contributed by atoms with E-state index in [2.05, 4.69) is 0 Å². The zero-order valence-electron chi connectivity index (χ0n) is 9.56. The van der Waals surface area contributed by atoms with Gasteiger partial charge < -0.3 is 15.6 Å². The number of aryl methyl sites for hydroxylation is 1. The second kappa shape index (κ2) is 5.51. The molecule has 88 valence electrons. The van der Waals surface area contributed by atoms with Crippen LogP contribution in [-0.4, -0.2) is 23.7 Å². The van der Waals surface area contributed by atoms with Gasteiger partial charge in [-0.2, -0.15) is 0 Å². The molecule has 0 aromatic heterocycles. The molecule has 0 aliphatic rings. The van der Waals surface area contributed by atoms with Crippen LogP contribution >= 0.6 is 0 Å². The number of hydrogen-bond donors (Lipinski definition) is 2. The van der Waals surface area contributed by atoms with E-state index < -0.39 is 12.0 Å². The van der Waals surface area contributed by atoms with Gasteiger partial charge in [0.05, 0.1) is 6.61 Å². The van der Waals surface area contributed by atoms with Gasteiger partial charge in [-0.15, -0.1) is 0 Å². The largest absolute Gasteiger partial charge is 0.493 e. The molecule has 1 unspecified atom stereocenters. The number of carboxylic acids is 1. The Kier molecular flexibility index (Phi) is 4.31. The first-order valence-electron chi connectivity index (χ1n) is 5.19. The molecule has 0 amide bonds. The molecule has 1 rings (SSSR count). The normalized spacial score (nSPS) is 12.2. The summed E-state index contributed by atoms with van der Waals surface area (Å²) in [6, 6.07) is 4.93. The Balaban J connectivity index is 2.49. The van der Waals surface area contributed by atoms with Gasteiger partial charge >= 0.3 is 5.97 Å². The second-order valence-electron chi connectivity index (χ2n) is 3.78. The molecule has 0 heterocycles.